The van der Waals surface area contributed by atoms with Crippen molar-refractivity contribution in [3.05, 3.63) is 22.8 Å². The molecule has 4 heteroatoms. The summed E-state index contributed by atoms with van der Waals surface area (Å²) in [6, 6.07) is 1.84. The van der Waals surface area contributed by atoms with Crippen LogP contribution in [0.4, 0.5) is 5.82 Å². The molecule has 0 aliphatic heterocycles. The fourth-order valence-electron chi connectivity index (χ4n) is 3.12. The van der Waals surface area contributed by atoms with Crippen molar-refractivity contribution in [2.24, 2.45) is 11.8 Å². The van der Waals surface area contributed by atoms with Crippen LogP contribution in [0.1, 0.15) is 45.6 Å². The molecule has 3 nitrogen and oxygen atoms in total. The number of ketones is 1. The number of carbonyl (C=O) groups excluding carboxylic acids is 1. The molecule has 0 radical (unpaired) electrons. The molecule has 2 N–H and O–H groups in total. The summed E-state index contributed by atoms with van der Waals surface area (Å²) < 4.78 is 0. The summed E-state index contributed by atoms with van der Waals surface area (Å²) in [5.41, 5.74) is 6.54. The first-order chi connectivity index (χ1) is 8.82. The monoisotopic (exact) mass is 280 g/mol. The maximum Gasteiger partial charge on any atom is 0.137 e. The third-order valence-electron chi connectivity index (χ3n) is 4.34. The van der Waals surface area contributed by atoms with E-state index in [-0.39, 0.29) is 11.3 Å². The maximum absolute atomic E-state index is 12.3. The topological polar surface area (TPSA) is 56.0 Å². The molecule has 19 heavy (non-hydrogen) atoms. The highest BCUT2D eigenvalue weighted by Gasteiger charge is 2.40. The van der Waals surface area contributed by atoms with Gasteiger partial charge >= 0.3 is 0 Å². The number of carbonyl (C=O) groups is 1. The second-order valence-electron chi connectivity index (χ2n) is 6.21. The lowest BCUT2D eigenvalue weighted by Crippen LogP contribution is -2.39. The van der Waals surface area contributed by atoms with Crippen LogP contribution in [0.3, 0.4) is 0 Å². The van der Waals surface area contributed by atoms with Gasteiger partial charge in [0, 0.05) is 29.5 Å². The lowest BCUT2D eigenvalue weighted by atomic mass is 9.65. The molecule has 1 fully saturated rings. The lowest BCUT2D eigenvalue weighted by molar-refractivity contribution is -0.128. The van der Waals surface area contributed by atoms with Gasteiger partial charge in [-0.05, 0) is 24.8 Å². The number of anilines is 1. The molecule has 104 valence electrons. The van der Waals surface area contributed by atoms with E-state index in [2.05, 4.69) is 25.8 Å². The normalized spacial score (nSPS) is 24.5. The van der Waals surface area contributed by atoms with E-state index in [9.17, 15) is 4.79 Å². The zero-order chi connectivity index (χ0) is 14.2. The first-order valence-corrected chi connectivity index (χ1v) is 7.14. The zero-order valence-corrected chi connectivity index (χ0v) is 12.5. The van der Waals surface area contributed by atoms with E-state index in [0.717, 1.165) is 18.4 Å². The number of halogens is 1. The second-order valence-corrected chi connectivity index (χ2v) is 6.65. The maximum atomic E-state index is 12.3. The molecule has 1 saturated carbocycles. The highest BCUT2D eigenvalue weighted by molar-refractivity contribution is 6.30. The second kappa shape index (κ2) is 5.12. The number of hydrogen-bond acceptors (Lipinski definition) is 3. The van der Waals surface area contributed by atoms with Crippen molar-refractivity contribution in [2.45, 2.75) is 45.4 Å². The van der Waals surface area contributed by atoms with Crippen molar-refractivity contribution >= 4 is 23.2 Å². The molecule has 0 aromatic carbocycles. The molecular weight excluding hydrogens is 260 g/mol. The molecule has 0 bridgehead atoms. The quantitative estimate of drug-likeness (QED) is 0.900. The largest absolute Gasteiger partial charge is 0.383 e. The number of rotatable bonds is 2. The van der Waals surface area contributed by atoms with Crippen LogP contribution in [0.25, 0.3) is 0 Å². The number of Topliss-reactive ketones (excluding diaryl/α,β-unsaturated/α-hetero) is 1. The summed E-state index contributed by atoms with van der Waals surface area (Å²) in [6.07, 6.45) is 4.22. The fraction of sp³-hybridized carbons (Fsp3) is 0.600. The van der Waals surface area contributed by atoms with Crippen LogP contribution >= 0.6 is 11.6 Å². The predicted molar refractivity (Wildman–Crippen MR) is 78.2 cm³/mol. The van der Waals surface area contributed by atoms with Crippen LogP contribution in [0, 0.1) is 11.8 Å². The van der Waals surface area contributed by atoms with Crippen LogP contribution in [0.2, 0.25) is 5.02 Å². The summed E-state index contributed by atoms with van der Waals surface area (Å²) in [7, 11) is 0. The summed E-state index contributed by atoms with van der Waals surface area (Å²) in [5, 5.41) is 0.564. The third kappa shape index (κ3) is 2.76. The standard InChI is InChI=1S/C15H21ClN2O/c1-9-4-5-11(13(19)6-9)15(2,3)12-7-10(16)8-18-14(12)17/h7-9,11H,4-6H2,1-3H3,(H2,17,18). The Labute approximate surface area is 119 Å². The minimum atomic E-state index is -0.320. The number of nitrogens with two attached hydrogens (primary N) is 1. The zero-order valence-electron chi connectivity index (χ0n) is 11.7. The molecular formula is C15H21ClN2O. The molecule has 2 atom stereocenters. The predicted octanol–water partition coefficient (Wildman–Crippen LogP) is 3.60. The Hall–Kier alpha value is -1.09. The first-order valence-electron chi connectivity index (χ1n) is 6.76. The van der Waals surface area contributed by atoms with Crippen molar-refractivity contribution < 1.29 is 4.79 Å². The summed E-state index contributed by atoms with van der Waals surface area (Å²) in [4.78, 5) is 16.4. The van der Waals surface area contributed by atoms with Gasteiger partial charge in [0.2, 0.25) is 0 Å². The highest BCUT2D eigenvalue weighted by atomic mass is 35.5. The molecule has 2 unspecified atom stereocenters. The van der Waals surface area contributed by atoms with Crippen molar-refractivity contribution in [3.63, 3.8) is 0 Å². The SMILES string of the molecule is CC1CCC(C(C)(C)c2cc(Cl)cnc2N)C(=O)C1. The number of hydrogen-bond donors (Lipinski definition) is 1. The van der Waals surface area contributed by atoms with E-state index in [1.165, 1.54) is 0 Å². The van der Waals surface area contributed by atoms with Gasteiger partial charge in [0.05, 0.1) is 5.02 Å². The van der Waals surface area contributed by atoms with Crippen LogP contribution in [0.15, 0.2) is 12.3 Å². The first kappa shape index (κ1) is 14.3. The summed E-state index contributed by atoms with van der Waals surface area (Å²) in [6.45, 7) is 6.26. The Morgan fingerprint density at radius 1 is 1.42 bits per heavy atom. The summed E-state index contributed by atoms with van der Waals surface area (Å²) >= 11 is 6.02. The molecule has 2 rings (SSSR count). The number of nitrogens with zero attached hydrogens (tertiary/aromatic N) is 1. The van der Waals surface area contributed by atoms with E-state index in [1.807, 2.05) is 6.07 Å². The van der Waals surface area contributed by atoms with Gasteiger partial charge in [-0.25, -0.2) is 4.98 Å². The van der Waals surface area contributed by atoms with Crippen LogP contribution < -0.4 is 5.73 Å². The molecule has 0 spiro atoms. The average Bonchev–Trinajstić information content (AvgIpc) is 2.31. The van der Waals surface area contributed by atoms with Gasteiger partial charge in [-0.3, -0.25) is 4.79 Å². The van der Waals surface area contributed by atoms with Crippen LogP contribution in [-0.4, -0.2) is 10.8 Å². The van der Waals surface area contributed by atoms with Crippen molar-refractivity contribution in [1.29, 1.82) is 0 Å². The molecule has 1 aromatic rings. The van der Waals surface area contributed by atoms with Crippen molar-refractivity contribution in [1.82, 2.24) is 4.98 Å². The van der Waals surface area contributed by atoms with E-state index < -0.39 is 0 Å². The van der Waals surface area contributed by atoms with Gasteiger partial charge in [0.15, 0.2) is 0 Å². The Balaban J connectivity index is 2.36. The number of nitrogen functional groups attached to an aromatic ring is 1. The van der Waals surface area contributed by atoms with Gasteiger partial charge in [-0.1, -0.05) is 32.4 Å². The van der Waals surface area contributed by atoms with E-state index in [0.29, 0.717) is 29.0 Å². The van der Waals surface area contributed by atoms with Gasteiger partial charge in [0.1, 0.15) is 11.6 Å². The molecule has 1 aliphatic carbocycles. The molecule has 1 aromatic heterocycles. The minimum Gasteiger partial charge on any atom is -0.383 e. The highest BCUT2D eigenvalue weighted by Crippen LogP contribution is 2.42. The number of pyridine rings is 1. The fourth-order valence-corrected chi connectivity index (χ4v) is 3.27. The van der Waals surface area contributed by atoms with Gasteiger partial charge in [0.25, 0.3) is 0 Å². The molecule has 1 aliphatic rings. The van der Waals surface area contributed by atoms with E-state index in [4.69, 9.17) is 17.3 Å². The smallest absolute Gasteiger partial charge is 0.137 e. The molecule has 0 saturated heterocycles. The van der Waals surface area contributed by atoms with Gasteiger partial charge in [-0.2, -0.15) is 0 Å². The van der Waals surface area contributed by atoms with Crippen LogP contribution in [0.5, 0.6) is 0 Å². The van der Waals surface area contributed by atoms with E-state index in [1.54, 1.807) is 6.20 Å². The summed E-state index contributed by atoms with van der Waals surface area (Å²) in [5.74, 6) is 1.31. The Bertz CT molecular complexity index is 499. The Morgan fingerprint density at radius 3 is 2.74 bits per heavy atom. The lowest BCUT2D eigenvalue weighted by Gasteiger charge is -2.38. The van der Waals surface area contributed by atoms with E-state index >= 15 is 0 Å². The number of aromatic nitrogens is 1. The molecule has 1 heterocycles. The third-order valence-corrected chi connectivity index (χ3v) is 4.54. The van der Waals surface area contributed by atoms with Crippen LogP contribution in [-0.2, 0) is 10.2 Å². The minimum absolute atomic E-state index is 0.00580. The Kier molecular flexibility index (Phi) is 3.86. The van der Waals surface area contributed by atoms with Crippen molar-refractivity contribution in [2.75, 3.05) is 5.73 Å². The van der Waals surface area contributed by atoms with Gasteiger partial charge < -0.3 is 5.73 Å². The van der Waals surface area contributed by atoms with Crippen molar-refractivity contribution in [3.8, 4) is 0 Å². The molecule has 0 amide bonds. The Morgan fingerprint density at radius 2 is 2.11 bits per heavy atom. The average molecular weight is 281 g/mol. The van der Waals surface area contributed by atoms with Gasteiger partial charge in [-0.15, -0.1) is 0 Å².